The van der Waals surface area contributed by atoms with Crippen LogP contribution < -0.4 is 0 Å². The molecule has 6 heteroatoms. The molecular formula is C22H33NO4Si. The van der Waals surface area contributed by atoms with E-state index in [1.807, 2.05) is 24.4 Å². The van der Waals surface area contributed by atoms with E-state index in [1.165, 1.54) is 14.2 Å². The molecular weight excluding hydrogens is 370 g/mol. The van der Waals surface area contributed by atoms with Crippen molar-refractivity contribution in [1.82, 2.24) is 4.23 Å². The normalized spacial score (nSPS) is 12.4. The number of benzene rings is 1. The second kappa shape index (κ2) is 8.51. The number of carbonyl (C=O) groups is 2. The lowest BCUT2D eigenvalue weighted by atomic mass is 9.99. The third-order valence-electron chi connectivity index (χ3n) is 6.12. The van der Waals surface area contributed by atoms with Crippen LogP contribution in [0.25, 0.3) is 10.9 Å². The van der Waals surface area contributed by atoms with Gasteiger partial charge in [0.25, 0.3) is 0 Å². The van der Waals surface area contributed by atoms with E-state index in [2.05, 4.69) is 51.8 Å². The monoisotopic (exact) mass is 403 g/mol. The van der Waals surface area contributed by atoms with Gasteiger partial charge in [-0.15, -0.1) is 0 Å². The molecule has 0 fully saturated rings. The van der Waals surface area contributed by atoms with Crippen LogP contribution in [0.5, 0.6) is 0 Å². The Morgan fingerprint density at radius 1 is 0.857 bits per heavy atom. The number of esters is 2. The van der Waals surface area contributed by atoms with E-state index < -0.39 is 26.1 Å². The Bertz CT molecular complexity index is 816. The highest BCUT2D eigenvalue weighted by Gasteiger charge is 2.47. The van der Waals surface area contributed by atoms with Gasteiger partial charge in [0.2, 0.25) is 0 Å². The van der Waals surface area contributed by atoms with Crippen molar-refractivity contribution in [2.75, 3.05) is 14.2 Å². The molecule has 1 aromatic heterocycles. The second-order valence-corrected chi connectivity index (χ2v) is 14.0. The molecule has 0 saturated carbocycles. The summed E-state index contributed by atoms with van der Waals surface area (Å²) in [6, 6.07) is 8.00. The molecule has 0 aliphatic rings. The highest BCUT2D eigenvalue weighted by Crippen LogP contribution is 2.45. The molecule has 0 N–H and O–H groups in total. The summed E-state index contributed by atoms with van der Waals surface area (Å²) in [4.78, 5) is 25.0. The summed E-state index contributed by atoms with van der Waals surface area (Å²) in [6.07, 6.45) is 2.02. The lowest BCUT2D eigenvalue weighted by Gasteiger charge is -2.44. The van der Waals surface area contributed by atoms with Crippen LogP contribution in [-0.2, 0) is 19.1 Å². The first kappa shape index (κ1) is 22.2. The molecule has 28 heavy (non-hydrogen) atoms. The Morgan fingerprint density at radius 3 is 1.75 bits per heavy atom. The van der Waals surface area contributed by atoms with Gasteiger partial charge in [-0.05, 0) is 22.7 Å². The molecule has 0 bridgehead atoms. The molecule has 2 rings (SSSR count). The van der Waals surface area contributed by atoms with E-state index in [1.54, 1.807) is 0 Å². The molecule has 0 saturated heterocycles. The first-order chi connectivity index (χ1) is 13.1. The molecule has 0 aliphatic heterocycles. The number of hydrogen-bond acceptors (Lipinski definition) is 4. The Balaban J connectivity index is 2.91. The number of para-hydroxylation sites is 1. The minimum atomic E-state index is -2.07. The van der Waals surface area contributed by atoms with Crippen LogP contribution in [0.4, 0.5) is 0 Å². The quantitative estimate of drug-likeness (QED) is 0.367. The maximum Gasteiger partial charge on any atom is 0.324 e. The van der Waals surface area contributed by atoms with Gasteiger partial charge >= 0.3 is 11.9 Å². The molecule has 0 spiro atoms. The number of hydrogen-bond donors (Lipinski definition) is 0. The third-order valence-corrected chi connectivity index (χ3v) is 12.9. The van der Waals surface area contributed by atoms with Gasteiger partial charge in [-0.3, -0.25) is 9.59 Å². The van der Waals surface area contributed by atoms with Crippen molar-refractivity contribution in [2.24, 2.45) is 0 Å². The lowest BCUT2D eigenvalue weighted by Crippen LogP contribution is -2.51. The van der Waals surface area contributed by atoms with E-state index >= 15 is 0 Å². The molecule has 2 aromatic rings. The minimum Gasteiger partial charge on any atom is -0.468 e. The van der Waals surface area contributed by atoms with Crippen molar-refractivity contribution < 1.29 is 19.1 Å². The first-order valence-corrected chi connectivity index (χ1v) is 12.1. The number of carbonyl (C=O) groups excluding carboxylic acids is 2. The fraction of sp³-hybridized carbons (Fsp3) is 0.545. The molecule has 5 nitrogen and oxygen atoms in total. The summed E-state index contributed by atoms with van der Waals surface area (Å²) in [6.45, 7) is 13.7. The SMILES string of the molecule is COC(=O)C(C(=O)OC)c1cn([Si](C(C)C)(C(C)C)C(C)C)c2ccccc12. The van der Waals surface area contributed by atoms with Gasteiger partial charge in [0.1, 0.15) is 0 Å². The van der Waals surface area contributed by atoms with Crippen LogP contribution in [0, 0.1) is 0 Å². The maximum absolute atomic E-state index is 12.5. The van der Waals surface area contributed by atoms with E-state index in [9.17, 15) is 9.59 Å². The molecule has 154 valence electrons. The standard InChI is InChI=1S/C22H33NO4Si/c1-14(2)28(15(3)4,16(5)6)23-13-18(17-11-9-10-12-19(17)23)20(21(24)26-7)22(25)27-8/h9-16,20H,1-8H3. The van der Waals surface area contributed by atoms with Crippen molar-refractivity contribution in [3.63, 3.8) is 0 Å². The molecule has 0 amide bonds. The van der Waals surface area contributed by atoms with E-state index in [0.29, 0.717) is 22.2 Å². The topological polar surface area (TPSA) is 57.5 Å². The average molecular weight is 404 g/mol. The lowest BCUT2D eigenvalue weighted by molar-refractivity contribution is -0.154. The molecule has 1 aromatic carbocycles. The van der Waals surface area contributed by atoms with Crippen molar-refractivity contribution >= 4 is 31.1 Å². The van der Waals surface area contributed by atoms with Gasteiger partial charge in [-0.2, -0.15) is 0 Å². The predicted octanol–water partition coefficient (Wildman–Crippen LogP) is 5.09. The summed E-state index contributed by atoms with van der Waals surface area (Å²) < 4.78 is 12.3. The number of fused-ring (bicyclic) bond motifs is 1. The molecule has 0 unspecified atom stereocenters. The average Bonchev–Trinajstić information content (AvgIpc) is 3.01. The van der Waals surface area contributed by atoms with Crippen LogP contribution in [0.1, 0.15) is 53.0 Å². The molecule has 0 aliphatic carbocycles. The van der Waals surface area contributed by atoms with Crippen LogP contribution >= 0.6 is 0 Å². The van der Waals surface area contributed by atoms with Crippen LogP contribution in [0.2, 0.25) is 16.6 Å². The van der Waals surface area contributed by atoms with Gasteiger partial charge in [0, 0.05) is 22.7 Å². The number of rotatable bonds is 7. The van der Waals surface area contributed by atoms with Gasteiger partial charge in [-0.1, -0.05) is 59.7 Å². The molecule has 0 radical (unpaired) electrons. The van der Waals surface area contributed by atoms with Crippen molar-refractivity contribution in [2.45, 2.75) is 64.1 Å². The van der Waals surface area contributed by atoms with Crippen molar-refractivity contribution in [1.29, 1.82) is 0 Å². The zero-order chi connectivity index (χ0) is 21.2. The molecule has 1 heterocycles. The maximum atomic E-state index is 12.5. The first-order valence-electron chi connectivity index (χ1n) is 9.90. The van der Waals surface area contributed by atoms with Gasteiger partial charge in [-0.25, -0.2) is 0 Å². The Kier molecular flexibility index (Phi) is 6.75. The fourth-order valence-electron chi connectivity index (χ4n) is 5.18. The highest BCUT2D eigenvalue weighted by atomic mass is 28.3. The van der Waals surface area contributed by atoms with Crippen LogP contribution in [0.15, 0.2) is 30.5 Å². The number of aromatic nitrogens is 1. The summed E-state index contributed by atoms with van der Waals surface area (Å²) in [5.41, 5.74) is 3.16. The highest BCUT2D eigenvalue weighted by molar-refractivity contribution is 6.82. The summed E-state index contributed by atoms with van der Waals surface area (Å²) >= 11 is 0. The smallest absolute Gasteiger partial charge is 0.324 e. The second-order valence-electron chi connectivity index (χ2n) is 8.30. The van der Waals surface area contributed by atoms with Crippen molar-refractivity contribution in [3.8, 4) is 0 Å². The summed E-state index contributed by atoms with van der Waals surface area (Å²) in [5, 5.41) is 0.905. The largest absolute Gasteiger partial charge is 0.468 e. The van der Waals surface area contributed by atoms with Crippen LogP contribution in [0.3, 0.4) is 0 Å². The number of ether oxygens (including phenoxy) is 2. The third kappa shape index (κ3) is 3.38. The van der Waals surface area contributed by atoms with Gasteiger partial charge < -0.3 is 13.7 Å². The van der Waals surface area contributed by atoms with E-state index in [4.69, 9.17) is 9.47 Å². The van der Waals surface area contributed by atoms with Crippen LogP contribution in [-0.4, -0.2) is 38.6 Å². The summed E-state index contributed by atoms with van der Waals surface area (Å²) in [5.74, 6) is -2.28. The molecule has 0 atom stereocenters. The number of nitrogens with zero attached hydrogens (tertiary/aromatic N) is 1. The Labute approximate surface area is 169 Å². The zero-order valence-electron chi connectivity index (χ0n) is 18.3. The zero-order valence-corrected chi connectivity index (χ0v) is 19.3. The Hall–Kier alpha value is -2.08. The number of methoxy groups -OCH3 is 2. The Morgan fingerprint density at radius 2 is 1.32 bits per heavy atom. The van der Waals surface area contributed by atoms with E-state index in [0.717, 1.165) is 10.9 Å². The minimum absolute atomic E-state index is 0.478. The fourth-order valence-corrected chi connectivity index (χ4v) is 11.8. The predicted molar refractivity (Wildman–Crippen MR) is 115 cm³/mol. The summed E-state index contributed by atoms with van der Waals surface area (Å²) in [7, 11) is 0.526. The van der Waals surface area contributed by atoms with Gasteiger partial charge in [0.15, 0.2) is 14.2 Å². The van der Waals surface area contributed by atoms with Gasteiger partial charge in [0.05, 0.1) is 14.2 Å². The van der Waals surface area contributed by atoms with E-state index in [-0.39, 0.29) is 0 Å². The van der Waals surface area contributed by atoms with Crippen molar-refractivity contribution in [3.05, 3.63) is 36.0 Å².